The summed E-state index contributed by atoms with van der Waals surface area (Å²) in [5, 5.41) is 6.91. The van der Waals surface area contributed by atoms with E-state index in [2.05, 4.69) is 30.3 Å². The van der Waals surface area contributed by atoms with Crippen molar-refractivity contribution in [3.05, 3.63) is 30.2 Å². The van der Waals surface area contributed by atoms with Crippen LogP contribution in [0.4, 0.5) is 5.95 Å². The molecule has 25 heavy (non-hydrogen) atoms. The lowest BCUT2D eigenvalue weighted by atomic mass is 9.94. The summed E-state index contributed by atoms with van der Waals surface area (Å²) in [6, 6.07) is 1.54. The molecule has 2 aromatic heterocycles. The molecule has 0 aromatic carbocycles. The summed E-state index contributed by atoms with van der Waals surface area (Å²) in [7, 11) is 0. The van der Waals surface area contributed by atoms with E-state index in [4.69, 9.17) is 4.52 Å². The van der Waals surface area contributed by atoms with Crippen molar-refractivity contribution in [2.24, 2.45) is 11.8 Å². The summed E-state index contributed by atoms with van der Waals surface area (Å²) in [5.74, 6) is 1.96. The van der Waals surface area contributed by atoms with Crippen LogP contribution in [0.1, 0.15) is 44.4 Å². The maximum Gasteiger partial charge on any atom is 0.249 e. The molecule has 0 aliphatic carbocycles. The zero-order valence-electron chi connectivity index (χ0n) is 14.8. The number of hydrogen-bond donors (Lipinski definition) is 1. The first-order valence-corrected chi connectivity index (χ1v) is 8.67. The Balaban J connectivity index is 1.58. The van der Waals surface area contributed by atoms with Crippen LogP contribution in [-0.2, 0) is 4.79 Å². The van der Waals surface area contributed by atoms with Gasteiger partial charge in [-0.2, -0.15) is 4.98 Å². The van der Waals surface area contributed by atoms with E-state index >= 15 is 0 Å². The molecule has 0 saturated carbocycles. The third-order valence-electron chi connectivity index (χ3n) is 4.47. The molecule has 2 aromatic rings. The summed E-state index contributed by atoms with van der Waals surface area (Å²) in [6.07, 6.45) is 5.02. The lowest BCUT2D eigenvalue weighted by Crippen LogP contribution is -2.43. The zero-order chi connectivity index (χ0) is 17.8. The first-order valence-electron chi connectivity index (χ1n) is 8.67. The molecule has 1 aliphatic rings. The number of piperidine rings is 1. The Labute approximate surface area is 147 Å². The number of rotatable bonds is 5. The summed E-state index contributed by atoms with van der Waals surface area (Å²) >= 11 is 0. The van der Waals surface area contributed by atoms with Gasteiger partial charge in [0.2, 0.25) is 17.7 Å². The lowest BCUT2D eigenvalue weighted by molar-refractivity contribution is -0.126. The number of carbonyl (C=O) groups is 1. The van der Waals surface area contributed by atoms with Crippen LogP contribution in [-0.4, -0.2) is 39.1 Å². The zero-order valence-corrected chi connectivity index (χ0v) is 14.8. The molecule has 1 atom stereocenters. The number of anilines is 1. The van der Waals surface area contributed by atoms with E-state index in [9.17, 15) is 4.79 Å². The monoisotopic (exact) mass is 344 g/mol. The second kappa shape index (κ2) is 7.58. The average Bonchev–Trinajstić information content (AvgIpc) is 3.06. The van der Waals surface area contributed by atoms with Gasteiger partial charge in [-0.15, -0.1) is 0 Å². The topological polar surface area (TPSA) is 97.0 Å². The quantitative estimate of drug-likeness (QED) is 0.884. The molecule has 3 rings (SSSR count). The van der Waals surface area contributed by atoms with Crippen molar-refractivity contribution >= 4 is 11.9 Å². The number of amides is 1. The summed E-state index contributed by atoms with van der Waals surface area (Å²) in [6.45, 7) is 7.37. The molecule has 1 amide bonds. The van der Waals surface area contributed by atoms with E-state index in [0.29, 0.717) is 11.7 Å². The van der Waals surface area contributed by atoms with Crippen molar-refractivity contribution in [3.63, 3.8) is 0 Å². The largest absolute Gasteiger partial charge is 0.344 e. The van der Waals surface area contributed by atoms with Gasteiger partial charge in [0.25, 0.3) is 0 Å². The van der Waals surface area contributed by atoms with Crippen LogP contribution >= 0.6 is 0 Å². The van der Waals surface area contributed by atoms with Gasteiger partial charge in [-0.25, -0.2) is 9.97 Å². The SMILES string of the molecule is Cc1noc([C@@H](NC(=O)C2CCN(c3ncccn3)CC2)C(C)C)n1. The lowest BCUT2D eigenvalue weighted by Gasteiger charge is -2.32. The standard InChI is InChI=1S/C17H24N6O2/c1-11(2)14(16-20-12(3)22-25-16)21-15(24)13-5-9-23(10-6-13)17-18-7-4-8-19-17/h4,7-8,11,13-14H,5-6,9-10H2,1-3H3,(H,21,24)/t14-/m0/s1. The highest BCUT2D eigenvalue weighted by atomic mass is 16.5. The molecular weight excluding hydrogens is 320 g/mol. The minimum absolute atomic E-state index is 0.0229. The van der Waals surface area contributed by atoms with Crippen LogP contribution in [0.5, 0.6) is 0 Å². The van der Waals surface area contributed by atoms with Crippen molar-refractivity contribution in [2.75, 3.05) is 18.0 Å². The fourth-order valence-electron chi connectivity index (χ4n) is 3.02. The number of aromatic nitrogens is 4. The maximum absolute atomic E-state index is 12.7. The molecule has 8 nitrogen and oxygen atoms in total. The van der Waals surface area contributed by atoms with Gasteiger partial charge < -0.3 is 14.7 Å². The summed E-state index contributed by atoms with van der Waals surface area (Å²) in [5.41, 5.74) is 0. The van der Waals surface area contributed by atoms with E-state index < -0.39 is 0 Å². The van der Waals surface area contributed by atoms with Crippen molar-refractivity contribution in [1.82, 2.24) is 25.4 Å². The van der Waals surface area contributed by atoms with E-state index in [0.717, 1.165) is 31.9 Å². The second-order valence-electron chi connectivity index (χ2n) is 6.72. The van der Waals surface area contributed by atoms with Gasteiger partial charge in [0.05, 0.1) is 0 Å². The molecule has 0 bridgehead atoms. The van der Waals surface area contributed by atoms with Crippen molar-refractivity contribution in [3.8, 4) is 0 Å². The van der Waals surface area contributed by atoms with Gasteiger partial charge in [-0.1, -0.05) is 19.0 Å². The number of nitrogens with one attached hydrogen (secondary N) is 1. The van der Waals surface area contributed by atoms with Crippen LogP contribution in [0, 0.1) is 18.8 Å². The third kappa shape index (κ3) is 4.12. The number of hydrogen-bond acceptors (Lipinski definition) is 7. The predicted molar refractivity (Wildman–Crippen MR) is 91.7 cm³/mol. The Morgan fingerprint density at radius 3 is 2.52 bits per heavy atom. The van der Waals surface area contributed by atoms with Crippen molar-refractivity contribution in [2.45, 2.75) is 39.7 Å². The van der Waals surface area contributed by atoms with Gasteiger partial charge in [0, 0.05) is 31.4 Å². The molecule has 0 radical (unpaired) electrons. The molecule has 0 spiro atoms. The highest BCUT2D eigenvalue weighted by Gasteiger charge is 2.30. The summed E-state index contributed by atoms with van der Waals surface area (Å²) in [4.78, 5) is 27.6. The molecule has 1 N–H and O–H groups in total. The van der Waals surface area contributed by atoms with Crippen LogP contribution < -0.4 is 10.2 Å². The Morgan fingerprint density at radius 1 is 1.28 bits per heavy atom. The van der Waals surface area contributed by atoms with Crippen LogP contribution in [0.2, 0.25) is 0 Å². The predicted octanol–water partition coefficient (Wildman–Crippen LogP) is 1.90. The van der Waals surface area contributed by atoms with Crippen molar-refractivity contribution < 1.29 is 9.32 Å². The minimum Gasteiger partial charge on any atom is -0.344 e. The fraction of sp³-hybridized carbons (Fsp3) is 0.588. The number of carbonyl (C=O) groups excluding carboxylic acids is 1. The van der Waals surface area contributed by atoms with E-state index in [1.807, 2.05) is 13.8 Å². The average molecular weight is 344 g/mol. The van der Waals surface area contributed by atoms with Crippen LogP contribution in [0.25, 0.3) is 0 Å². The molecule has 3 heterocycles. The molecule has 1 saturated heterocycles. The Hall–Kier alpha value is -2.51. The smallest absolute Gasteiger partial charge is 0.249 e. The first-order chi connectivity index (χ1) is 12.0. The van der Waals surface area contributed by atoms with Gasteiger partial charge in [-0.3, -0.25) is 4.79 Å². The molecule has 1 fully saturated rings. The maximum atomic E-state index is 12.7. The third-order valence-corrected chi connectivity index (χ3v) is 4.47. The normalized spacial score (nSPS) is 16.9. The van der Waals surface area contributed by atoms with Gasteiger partial charge >= 0.3 is 0 Å². The van der Waals surface area contributed by atoms with Crippen LogP contribution in [0.3, 0.4) is 0 Å². The molecule has 0 unspecified atom stereocenters. The molecule has 1 aliphatic heterocycles. The minimum atomic E-state index is -0.260. The first kappa shape index (κ1) is 17.3. The number of nitrogens with zero attached hydrogens (tertiary/aromatic N) is 5. The Morgan fingerprint density at radius 2 is 1.96 bits per heavy atom. The molecule has 8 heteroatoms. The highest BCUT2D eigenvalue weighted by Crippen LogP contribution is 2.24. The van der Waals surface area contributed by atoms with E-state index in [1.165, 1.54) is 0 Å². The van der Waals surface area contributed by atoms with E-state index in [-0.39, 0.29) is 23.8 Å². The van der Waals surface area contributed by atoms with Gasteiger partial charge in [0.1, 0.15) is 6.04 Å². The van der Waals surface area contributed by atoms with Crippen LogP contribution in [0.15, 0.2) is 23.0 Å². The fourth-order valence-corrected chi connectivity index (χ4v) is 3.02. The molecular formula is C17H24N6O2. The van der Waals surface area contributed by atoms with Crippen molar-refractivity contribution in [1.29, 1.82) is 0 Å². The molecule has 134 valence electrons. The van der Waals surface area contributed by atoms with E-state index in [1.54, 1.807) is 25.4 Å². The second-order valence-corrected chi connectivity index (χ2v) is 6.72. The Bertz CT molecular complexity index is 694. The van der Waals surface area contributed by atoms with Gasteiger partial charge in [-0.05, 0) is 31.7 Å². The highest BCUT2D eigenvalue weighted by molar-refractivity contribution is 5.79. The number of aryl methyl sites for hydroxylation is 1. The Kier molecular flexibility index (Phi) is 5.25. The van der Waals surface area contributed by atoms with Gasteiger partial charge in [0.15, 0.2) is 5.82 Å². The summed E-state index contributed by atoms with van der Waals surface area (Å²) < 4.78 is 5.25.